The molecule has 1 aliphatic heterocycles. The van der Waals surface area contributed by atoms with Crippen molar-refractivity contribution in [2.45, 2.75) is 38.6 Å². The topological polar surface area (TPSA) is 32.3 Å². The minimum Gasteiger partial charge on any atom is -0.345 e. The van der Waals surface area contributed by atoms with E-state index in [0.717, 1.165) is 31.8 Å². The molecule has 3 nitrogen and oxygen atoms in total. The van der Waals surface area contributed by atoms with Crippen molar-refractivity contribution in [3.63, 3.8) is 0 Å². The van der Waals surface area contributed by atoms with Gasteiger partial charge in [-0.05, 0) is 45.1 Å². The largest absolute Gasteiger partial charge is 0.345 e. The number of rotatable bonds is 3. The highest BCUT2D eigenvalue weighted by molar-refractivity contribution is 5.85. The molecule has 2 aliphatic rings. The van der Waals surface area contributed by atoms with Gasteiger partial charge in [0.25, 0.3) is 0 Å². The lowest BCUT2D eigenvalue weighted by molar-refractivity contribution is -0.136. The second-order valence-electron chi connectivity index (χ2n) is 5.15. The Balaban J connectivity index is 0.00000128. The van der Waals surface area contributed by atoms with E-state index in [0.29, 0.717) is 11.9 Å². The zero-order valence-corrected chi connectivity index (χ0v) is 11.1. The first kappa shape index (κ1) is 13.8. The monoisotopic (exact) mass is 246 g/mol. The van der Waals surface area contributed by atoms with Crippen molar-refractivity contribution in [2.75, 3.05) is 20.1 Å². The third-order valence-corrected chi connectivity index (χ3v) is 3.68. The average molecular weight is 247 g/mol. The highest BCUT2D eigenvalue weighted by atomic mass is 35.5. The first-order chi connectivity index (χ1) is 7.18. The van der Waals surface area contributed by atoms with Crippen LogP contribution in [0.5, 0.6) is 0 Å². The molecule has 0 spiro atoms. The fraction of sp³-hybridized carbons (Fsp3) is 0.917. The van der Waals surface area contributed by atoms with Crippen molar-refractivity contribution in [1.29, 1.82) is 0 Å². The SMILES string of the molecule is C[C@H]1NCCC[C@H]1C(=O)N(C)CC1CC1.Cl. The Hall–Kier alpha value is -0.280. The van der Waals surface area contributed by atoms with Gasteiger partial charge in [-0.25, -0.2) is 0 Å². The molecule has 2 fully saturated rings. The smallest absolute Gasteiger partial charge is 0.226 e. The molecule has 16 heavy (non-hydrogen) atoms. The summed E-state index contributed by atoms with van der Waals surface area (Å²) in [6.45, 7) is 4.17. The molecule has 1 heterocycles. The summed E-state index contributed by atoms with van der Waals surface area (Å²) in [4.78, 5) is 14.1. The van der Waals surface area contributed by atoms with Crippen LogP contribution in [-0.2, 0) is 4.79 Å². The molecule has 1 saturated heterocycles. The molecule has 0 unspecified atom stereocenters. The standard InChI is InChI=1S/C12H22N2O.ClH/c1-9-11(4-3-7-13-9)12(15)14(2)8-10-5-6-10;/h9-11,13H,3-8H2,1-2H3;1H/t9-,11-;/m1./s1. The van der Waals surface area contributed by atoms with Gasteiger partial charge in [-0.2, -0.15) is 0 Å². The van der Waals surface area contributed by atoms with Crippen molar-refractivity contribution < 1.29 is 4.79 Å². The molecule has 0 bridgehead atoms. The first-order valence-electron chi connectivity index (χ1n) is 6.17. The number of nitrogens with zero attached hydrogens (tertiary/aromatic N) is 1. The van der Waals surface area contributed by atoms with E-state index in [1.165, 1.54) is 12.8 Å². The van der Waals surface area contributed by atoms with E-state index >= 15 is 0 Å². The number of hydrogen-bond acceptors (Lipinski definition) is 2. The molecule has 94 valence electrons. The summed E-state index contributed by atoms with van der Waals surface area (Å²) < 4.78 is 0. The predicted molar refractivity (Wildman–Crippen MR) is 67.8 cm³/mol. The molecule has 4 heteroatoms. The van der Waals surface area contributed by atoms with E-state index in [1.54, 1.807) is 0 Å². The molecular formula is C12H23ClN2O. The molecule has 1 N–H and O–H groups in total. The number of nitrogens with one attached hydrogen (secondary N) is 1. The second-order valence-corrected chi connectivity index (χ2v) is 5.15. The van der Waals surface area contributed by atoms with Crippen LogP contribution < -0.4 is 5.32 Å². The summed E-state index contributed by atoms with van der Waals surface area (Å²) in [6.07, 6.45) is 4.83. The van der Waals surface area contributed by atoms with E-state index in [4.69, 9.17) is 0 Å². The maximum atomic E-state index is 12.2. The van der Waals surface area contributed by atoms with Gasteiger partial charge in [-0.15, -0.1) is 12.4 Å². The quantitative estimate of drug-likeness (QED) is 0.822. The van der Waals surface area contributed by atoms with Crippen molar-refractivity contribution >= 4 is 18.3 Å². The third-order valence-electron chi connectivity index (χ3n) is 3.68. The van der Waals surface area contributed by atoms with E-state index < -0.39 is 0 Å². The van der Waals surface area contributed by atoms with E-state index in [1.807, 2.05) is 11.9 Å². The molecule has 0 aromatic heterocycles. The minimum absolute atomic E-state index is 0. The fourth-order valence-corrected chi connectivity index (χ4v) is 2.44. The van der Waals surface area contributed by atoms with Crippen molar-refractivity contribution in [3.05, 3.63) is 0 Å². The summed E-state index contributed by atoms with van der Waals surface area (Å²) in [5, 5.41) is 3.39. The zero-order valence-electron chi connectivity index (χ0n) is 10.2. The fourth-order valence-electron chi connectivity index (χ4n) is 2.44. The number of hydrogen-bond donors (Lipinski definition) is 1. The number of halogens is 1. The van der Waals surface area contributed by atoms with Crippen molar-refractivity contribution in [1.82, 2.24) is 10.2 Å². The van der Waals surface area contributed by atoms with Crippen LogP contribution in [0.15, 0.2) is 0 Å². The lowest BCUT2D eigenvalue weighted by Crippen LogP contribution is -2.47. The van der Waals surface area contributed by atoms with E-state index in [-0.39, 0.29) is 18.3 Å². The number of carbonyl (C=O) groups excluding carboxylic acids is 1. The van der Waals surface area contributed by atoms with Crippen LogP contribution >= 0.6 is 12.4 Å². The Morgan fingerprint density at radius 3 is 2.62 bits per heavy atom. The van der Waals surface area contributed by atoms with Gasteiger partial charge in [0.1, 0.15) is 0 Å². The normalized spacial score (nSPS) is 29.4. The highest BCUT2D eigenvalue weighted by Crippen LogP contribution is 2.30. The van der Waals surface area contributed by atoms with Crippen LogP contribution in [0.3, 0.4) is 0 Å². The number of amides is 1. The van der Waals surface area contributed by atoms with Crippen molar-refractivity contribution in [2.24, 2.45) is 11.8 Å². The minimum atomic E-state index is 0. The highest BCUT2D eigenvalue weighted by Gasteiger charge is 2.32. The van der Waals surface area contributed by atoms with Gasteiger partial charge in [-0.1, -0.05) is 0 Å². The van der Waals surface area contributed by atoms with Gasteiger partial charge >= 0.3 is 0 Å². The summed E-state index contributed by atoms with van der Waals surface area (Å²) in [7, 11) is 1.96. The van der Waals surface area contributed by atoms with E-state index in [2.05, 4.69) is 12.2 Å². The molecule has 1 amide bonds. The summed E-state index contributed by atoms with van der Waals surface area (Å²) in [6, 6.07) is 0.355. The predicted octanol–water partition coefficient (Wildman–Crippen LogP) is 1.66. The maximum Gasteiger partial charge on any atom is 0.226 e. The molecular weight excluding hydrogens is 224 g/mol. The Morgan fingerprint density at radius 2 is 2.06 bits per heavy atom. The molecule has 0 radical (unpaired) electrons. The molecule has 1 aliphatic carbocycles. The average Bonchev–Trinajstić information content (AvgIpc) is 3.01. The molecule has 1 saturated carbocycles. The lowest BCUT2D eigenvalue weighted by atomic mass is 9.91. The zero-order chi connectivity index (χ0) is 10.8. The van der Waals surface area contributed by atoms with Crippen LogP contribution in [0.4, 0.5) is 0 Å². The molecule has 2 atom stereocenters. The second kappa shape index (κ2) is 5.87. The Labute approximate surface area is 104 Å². The summed E-state index contributed by atoms with van der Waals surface area (Å²) in [5.41, 5.74) is 0. The Kier molecular flexibility index (Phi) is 5.06. The van der Waals surface area contributed by atoms with E-state index in [9.17, 15) is 4.79 Å². The van der Waals surface area contributed by atoms with Crippen LogP contribution in [-0.4, -0.2) is 37.0 Å². The Bertz CT molecular complexity index is 243. The van der Waals surface area contributed by atoms with Gasteiger partial charge in [0, 0.05) is 19.6 Å². The van der Waals surface area contributed by atoms with Gasteiger partial charge in [0.05, 0.1) is 5.92 Å². The Morgan fingerprint density at radius 1 is 1.38 bits per heavy atom. The van der Waals surface area contributed by atoms with Crippen LogP contribution in [0, 0.1) is 11.8 Å². The van der Waals surface area contributed by atoms with Gasteiger partial charge in [0.15, 0.2) is 0 Å². The lowest BCUT2D eigenvalue weighted by Gasteiger charge is -2.32. The van der Waals surface area contributed by atoms with Gasteiger partial charge in [0.2, 0.25) is 5.91 Å². The maximum absolute atomic E-state index is 12.2. The number of piperidine rings is 1. The first-order valence-corrected chi connectivity index (χ1v) is 6.17. The molecule has 2 rings (SSSR count). The number of carbonyl (C=O) groups is 1. The molecule has 0 aromatic rings. The summed E-state index contributed by atoms with van der Waals surface area (Å²) in [5.74, 6) is 1.36. The van der Waals surface area contributed by atoms with Gasteiger partial charge < -0.3 is 10.2 Å². The van der Waals surface area contributed by atoms with Crippen LogP contribution in [0.2, 0.25) is 0 Å². The molecule has 0 aromatic carbocycles. The van der Waals surface area contributed by atoms with Gasteiger partial charge in [-0.3, -0.25) is 4.79 Å². The third kappa shape index (κ3) is 3.36. The van der Waals surface area contributed by atoms with Crippen molar-refractivity contribution in [3.8, 4) is 0 Å². The van der Waals surface area contributed by atoms with Crippen LogP contribution in [0.1, 0.15) is 32.6 Å². The van der Waals surface area contributed by atoms with Crippen LogP contribution in [0.25, 0.3) is 0 Å². The summed E-state index contributed by atoms with van der Waals surface area (Å²) >= 11 is 0.